The molecule has 0 radical (unpaired) electrons. The predicted octanol–water partition coefficient (Wildman–Crippen LogP) is 6.93. The van der Waals surface area contributed by atoms with Gasteiger partial charge in [0.25, 0.3) is 0 Å². The van der Waals surface area contributed by atoms with E-state index in [2.05, 4.69) is 115 Å². The van der Waals surface area contributed by atoms with Crippen molar-refractivity contribution in [2.45, 2.75) is 119 Å². The summed E-state index contributed by atoms with van der Waals surface area (Å²) < 4.78 is 7.88. The number of benzene rings is 4. The van der Waals surface area contributed by atoms with Crippen molar-refractivity contribution in [3.05, 3.63) is 119 Å². The van der Waals surface area contributed by atoms with Crippen LogP contribution in [0, 0.1) is 33.6 Å². The van der Waals surface area contributed by atoms with Gasteiger partial charge in [-0.2, -0.15) is 9.13 Å². The second-order valence-corrected chi connectivity index (χ2v) is 21.9. The number of aryl methyl sites for hydroxylation is 6. The van der Waals surface area contributed by atoms with Crippen molar-refractivity contribution in [1.82, 2.24) is 55.5 Å². The summed E-state index contributed by atoms with van der Waals surface area (Å²) >= 11 is 0. The van der Waals surface area contributed by atoms with Gasteiger partial charge in [0.2, 0.25) is 5.91 Å². The Morgan fingerprint density at radius 3 is 1.76 bits per heavy atom. The number of pyridine rings is 2. The number of aromatic amines is 2. The summed E-state index contributed by atoms with van der Waals surface area (Å²) in [6.07, 6.45) is 15.7. The summed E-state index contributed by atoms with van der Waals surface area (Å²) in [5.74, 6) is 0.00926. The number of aromatic nitrogens is 10. The molecule has 416 valence electrons. The van der Waals surface area contributed by atoms with Crippen LogP contribution >= 0.6 is 0 Å². The third kappa shape index (κ3) is 11.6. The van der Waals surface area contributed by atoms with Crippen LogP contribution in [0.15, 0.2) is 85.7 Å². The molecule has 0 aliphatic heterocycles. The van der Waals surface area contributed by atoms with Gasteiger partial charge in [0.1, 0.15) is 28.7 Å². The number of ketones is 2. The summed E-state index contributed by atoms with van der Waals surface area (Å²) in [5.41, 5.74) is 16.1. The van der Waals surface area contributed by atoms with E-state index in [1.165, 1.54) is 10.9 Å². The normalized spacial score (nSPS) is 13.2. The van der Waals surface area contributed by atoms with E-state index in [1.807, 2.05) is 67.0 Å². The van der Waals surface area contributed by atoms with Gasteiger partial charge < -0.3 is 36.5 Å². The molecule has 0 saturated carbocycles. The molecule has 3 unspecified atom stereocenters. The van der Waals surface area contributed by atoms with Crippen LogP contribution in [0.1, 0.15) is 86.5 Å². The molecule has 4 aromatic carbocycles. The van der Waals surface area contributed by atoms with Crippen LogP contribution in [-0.4, -0.2) is 117 Å². The number of aromatic hydroxyl groups is 2. The van der Waals surface area contributed by atoms with E-state index in [0.29, 0.717) is 65.1 Å². The molecular weight excluding hydrogens is 1010 g/mol. The number of amides is 1. The van der Waals surface area contributed by atoms with Gasteiger partial charge in [0.05, 0.1) is 48.6 Å². The van der Waals surface area contributed by atoms with E-state index in [-0.39, 0.29) is 42.1 Å². The lowest BCUT2D eigenvalue weighted by Crippen LogP contribution is -2.51. The number of carbonyl (C=O) groups excluding carboxylic acids is 3. The predicted molar refractivity (Wildman–Crippen MR) is 310 cm³/mol. The lowest BCUT2D eigenvalue weighted by atomic mass is 9.97. The Bertz CT molecular complexity index is 3950. The van der Waals surface area contributed by atoms with Crippen molar-refractivity contribution in [2.75, 3.05) is 32.7 Å². The van der Waals surface area contributed by atoms with Crippen molar-refractivity contribution >= 4 is 82.6 Å². The minimum atomic E-state index is -0.497. The minimum Gasteiger partial charge on any atom is -0.508 e. The van der Waals surface area contributed by atoms with Gasteiger partial charge in [-0.25, -0.2) is 0 Å². The molecule has 80 heavy (non-hydrogen) atoms. The van der Waals surface area contributed by atoms with Gasteiger partial charge in [-0.15, -0.1) is 10.2 Å². The van der Waals surface area contributed by atoms with Gasteiger partial charge in [-0.3, -0.25) is 28.6 Å². The topological polar surface area (TPSA) is 246 Å². The van der Waals surface area contributed by atoms with Crippen LogP contribution in [0.3, 0.4) is 0 Å². The standard InChI is InChI=1S/C61H72N14O5/c1-8-54(73(35-56(62)79)21-11-23-75-32-43(68-70-75)30-72-25-18-47-40(6)60-58(38(4)51(47)34-72)49-27-45(77)14-16-53(49)66-60)61(80)41(7)64-20-9-12-36(2)55(78)28-63-19-10-22-74-31-42(67-69-74)29-71-24-17-46-39(5)59-57(37(3)50(46)33-71)48-26-44(76)13-15-52(48)65-59/h13-18,24-27,31-34,36,41,54,63-64H,8-12,19-23,28-30,35H2,1-7H3,(H4,62,76,77,79)/p+2. The van der Waals surface area contributed by atoms with Crippen molar-refractivity contribution in [3.8, 4) is 11.5 Å². The van der Waals surface area contributed by atoms with Gasteiger partial charge >= 0.3 is 0 Å². The molecule has 6 heterocycles. The molecule has 10 aromatic rings. The molecule has 1 amide bonds. The van der Waals surface area contributed by atoms with Crippen LogP contribution < -0.4 is 25.5 Å². The molecule has 0 aliphatic rings. The average molecular weight is 1080 g/mol. The zero-order valence-electron chi connectivity index (χ0n) is 46.9. The Hall–Kier alpha value is -8.13. The molecule has 0 fully saturated rings. The number of Topliss-reactive ketones (excluding diaryl/α,β-unsaturated/α-hetero) is 2. The number of rotatable bonds is 26. The largest absolute Gasteiger partial charge is 0.508 e. The van der Waals surface area contributed by atoms with Crippen LogP contribution in [0.5, 0.6) is 11.5 Å². The summed E-state index contributed by atoms with van der Waals surface area (Å²) in [5, 5.41) is 53.7. The summed E-state index contributed by atoms with van der Waals surface area (Å²) in [6.45, 7) is 18.5. The summed E-state index contributed by atoms with van der Waals surface area (Å²) in [4.78, 5) is 48.2. The van der Waals surface area contributed by atoms with Crippen molar-refractivity contribution in [2.24, 2.45) is 11.7 Å². The number of hydrogen-bond acceptors (Lipinski definition) is 12. The highest BCUT2D eigenvalue weighted by molar-refractivity contribution is 6.17. The molecule has 3 atom stereocenters. The molecule has 8 N–H and O–H groups in total. The van der Waals surface area contributed by atoms with Gasteiger partial charge in [-0.05, 0) is 149 Å². The quantitative estimate of drug-likeness (QED) is 0.0216. The average Bonchev–Trinajstić information content (AvgIpc) is 4.33. The Labute approximate surface area is 464 Å². The molecule has 19 heteroatoms. The number of H-pyrrole nitrogens is 2. The molecular formula is C61H74N14O5+2. The van der Waals surface area contributed by atoms with Crippen LogP contribution in [0.4, 0.5) is 0 Å². The Morgan fingerprint density at radius 2 is 1.24 bits per heavy atom. The number of fused-ring (bicyclic) bond motifs is 8. The lowest BCUT2D eigenvalue weighted by Gasteiger charge is -2.31. The number of primary amides is 1. The molecule has 0 saturated heterocycles. The van der Waals surface area contributed by atoms with Gasteiger partial charge in [0.15, 0.2) is 43.7 Å². The third-order valence-corrected chi connectivity index (χ3v) is 16.2. The van der Waals surface area contributed by atoms with E-state index in [4.69, 9.17) is 5.73 Å². The van der Waals surface area contributed by atoms with E-state index in [9.17, 15) is 24.6 Å². The first-order valence-corrected chi connectivity index (χ1v) is 28.0. The fourth-order valence-corrected chi connectivity index (χ4v) is 11.8. The second kappa shape index (κ2) is 23.7. The first-order valence-electron chi connectivity index (χ1n) is 28.0. The minimum absolute atomic E-state index is 0.00111. The highest BCUT2D eigenvalue weighted by Crippen LogP contribution is 2.39. The number of phenolic OH excluding ortho intramolecular Hbond substituents is 2. The van der Waals surface area contributed by atoms with Crippen LogP contribution in [0.25, 0.3) is 65.2 Å². The first kappa shape index (κ1) is 55.2. The van der Waals surface area contributed by atoms with Crippen LogP contribution in [0.2, 0.25) is 0 Å². The highest BCUT2D eigenvalue weighted by Gasteiger charge is 2.29. The number of carbonyl (C=O) groups is 3. The molecule has 0 spiro atoms. The van der Waals surface area contributed by atoms with E-state index < -0.39 is 18.0 Å². The maximum Gasteiger partial charge on any atom is 0.231 e. The van der Waals surface area contributed by atoms with E-state index in [1.54, 1.807) is 16.8 Å². The fourth-order valence-electron chi connectivity index (χ4n) is 11.8. The Balaban J connectivity index is 0.635. The fraction of sp³-hybridized carbons (Fsp3) is 0.393. The van der Waals surface area contributed by atoms with E-state index in [0.717, 1.165) is 101 Å². The van der Waals surface area contributed by atoms with Gasteiger partial charge in [-0.1, -0.05) is 24.3 Å². The number of nitrogens with zero attached hydrogens (tertiary/aromatic N) is 9. The molecule has 6 aromatic heterocycles. The molecule has 0 aliphatic carbocycles. The van der Waals surface area contributed by atoms with Gasteiger partial charge in [0, 0.05) is 81.0 Å². The number of hydrogen-bond donors (Lipinski definition) is 7. The first-order chi connectivity index (χ1) is 38.5. The lowest BCUT2D eigenvalue weighted by molar-refractivity contribution is -0.687. The monoisotopic (exact) mass is 1080 g/mol. The second-order valence-electron chi connectivity index (χ2n) is 21.9. The maximum absolute atomic E-state index is 13.9. The number of phenols is 2. The van der Waals surface area contributed by atoms with Crippen LogP contribution in [-0.2, 0) is 40.6 Å². The number of nitrogens with two attached hydrogens (primary N) is 1. The van der Waals surface area contributed by atoms with E-state index >= 15 is 0 Å². The third-order valence-electron chi connectivity index (χ3n) is 16.2. The zero-order chi connectivity index (χ0) is 56.4. The van der Waals surface area contributed by atoms with Crippen molar-refractivity contribution < 1.29 is 33.7 Å². The summed E-state index contributed by atoms with van der Waals surface area (Å²) in [6, 6.07) is 14.2. The SMILES string of the molecule is CCC(C(=O)C(C)NCCCC(C)C(=O)CNCCCn1cc(C[n+]2ccc3c(C)c4[nH]c5ccc(O)cc5c4c(C)c3c2)nn1)N(CCCn1cc(C[n+]2ccc3c(C)c4[nH]c5ccc(O)cc5c4c(C)c3c2)nn1)CC(N)=O. The molecule has 10 rings (SSSR count). The Kier molecular flexibility index (Phi) is 16.3. The summed E-state index contributed by atoms with van der Waals surface area (Å²) in [7, 11) is 0. The molecule has 0 bridgehead atoms. The smallest absolute Gasteiger partial charge is 0.231 e. The molecule has 19 nitrogen and oxygen atoms in total. The highest BCUT2D eigenvalue weighted by atomic mass is 16.3. The number of nitrogens with one attached hydrogen (secondary N) is 4. The Morgan fingerprint density at radius 1 is 0.700 bits per heavy atom. The van der Waals surface area contributed by atoms with Crippen molar-refractivity contribution in [1.29, 1.82) is 0 Å². The zero-order valence-corrected chi connectivity index (χ0v) is 46.9. The maximum atomic E-state index is 13.9. The van der Waals surface area contributed by atoms with Crippen molar-refractivity contribution in [3.63, 3.8) is 0 Å².